The van der Waals surface area contributed by atoms with E-state index in [2.05, 4.69) is 10.0 Å². The lowest BCUT2D eigenvalue weighted by Crippen LogP contribution is -2.44. The Morgan fingerprint density at radius 3 is 2.15 bits per heavy atom. The first-order valence-corrected chi connectivity index (χ1v) is 9.67. The van der Waals surface area contributed by atoms with Gasteiger partial charge in [-0.25, -0.2) is 14.9 Å². The number of nitrogens with zero attached hydrogens (tertiary/aromatic N) is 3. The summed E-state index contributed by atoms with van der Waals surface area (Å²) in [5.74, 6) is -0.610. The molecule has 2 aromatic rings. The van der Waals surface area contributed by atoms with Crippen LogP contribution in [0.25, 0.3) is 0 Å². The van der Waals surface area contributed by atoms with Gasteiger partial charge in [0, 0.05) is 18.1 Å². The number of anilines is 1. The van der Waals surface area contributed by atoms with Crippen LogP contribution in [0.15, 0.2) is 48.5 Å². The molecule has 0 aromatic heterocycles. The first-order valence-electron chi connectivity index (χ1n) is 9.29. The molecule has 0 spiro atoms. The van der Waals surface area contributed by atoms with E-state index in [4.69, 9.17) is 11.6 Å². The van der Waals surface area contributed by atoms with Gasteiger partial charge in [0.05, 0.1) is 17.6 Å². The fourth-order valence-corrected chi connectivity index (χ4v) is 4.85. The number of hydrazine groups is 1. The third-order valence-electron chi connectivity index (χ3n) is 5.91. The molecule has 3 fully saturated rings. The molecule has 0 saturated carbocycles. The Hall–Kier alpha value is -2.21. The molecule has 5 nitrogen and oxygen atoms in total. The first kappa shape index (κ1) is 16.9. The van der Waals surface area contributed by atoms with Crippen LogP contribution >= 0.6 is 11.6 Å². The zero-order chi connectivity index (χ0) is 18.7. The van der Waals surface area contributed by atoms with Crippen molar-refractivity contribution in [2.45, 2.75) is 25.4 Å². The molecule has 0 radical (unpaired) electrons. The molecular formula is C21H20ClN3O2. The molecule has 3 aliphatic rings. The fourth-order valence-electron chi connectivity index (χ4n) is 4.72. The molecule has 138 valence electrons. The lowest BCUT2D eigenvalue weighted by molar-refractivity contribution is -0.126. The molecule has 27 heavy (non-hydrogen) atoms. The summed E-state index contributed by atoms with van der Waals surface area (Å²) in [4.78, 5) is 28.0. The summed E-state index contributed by atoms with van der Waals surface area (Å²) in [5.41, 5.74) is 2.79. The lowest BCUT2D eigenvalue weighted by atomic mass is 9.90. The van der Waals surface area contributed by atoms with E-state index in [0.29, 0.717) is 10.7 Å². The molecule has 3 saturated heterocycles. The maximum atomic E-state index is 13.4. The zero-order valence-electron chi connectivity index (χ0n) is 15.0. The summed E-state index contributed by atoms with van der Waals surface area (Å²) in [7, 11) is 0. The summed E-state index contributed by atoms with van der Waals surface area (Å²) >= 11 is 6.06. The third-order valence-corrected chi connectivity index (χ3v) is 6.16. The van der Waals surface area contributed by atoms with Crippen molar-refractivity contribution in [1.29, 1.82) is 0 Å². The number of aryl methyl sites for hydroxylation is 1. The van der Waals surface area contributed by atoms with Crippen LogP contribution in [0, 0.1) is 12.8 Å². The van der Waals surface area contributed by atoms with E-state index >= 15 is 0 Å². The van der Waals surface area contributed by atoms with Crippen LogP contribution in [-0.4, -0.2) is 41.0 Å². The smallest absolute Gasteiger partial charge is 0.253 e. The number of carbonyl (C=O) groups excluding carboxylic acids is 2. The van der Waals surface area contributed by atoms with E-state index in [1.807, 2.05) is 55.5 Å². The van der Waals surface area contributed by atoms with Gasteiger partial charge in [0.15, 0.2) is 0 Å². The molecule has 3 aliphatic heterocycles. The third kappa shape index (κ3) is 2.46. The average molecular weight is 382 g/mol. The fraction of sp³-hybridized carbons (Fsp3) is 0.333. The van der Waals surface area contributed by atoms with Crippen molar-refractivity contribution in [3.05, 3.63) is 64.7 Å². The minimum atomic E-state index is -0.415. The maximum absolute atomic E-state index is 13.4. The summed E-state index contributed by atoms with van der Waals surface area (Å²) in [6.45, 7) is 3.67. The van der Waals surface area contributed by atoms with Crippen LogP contribution in [0.4, 0.5) is 5.69 Å². The highest BCUT2D eigenvalue weighted by Gasteiger charge is 2.62. The molecule has 2 amide bonds. The van der Waals surface area contributed by atoms with Gasteiger partial charge in [0.1, 0.15) is 6.04 Å². The molecule has 3 heterocycles. The molecule has 6 heteroatoms. The van der Waals surface area contributed by atoms with Crippen molar-refractivity contribution < 1.29 is 9.59 Å². The molecule has 0 aliphatic carbocycles. The molecule has 0 N–H and O–H groups in total. The van der Waals surface area contributed by atoms with E-state index < -0.39 is 6.04 Å². The molecule has 5 rings (SSSR count). The highest BCUT2D eigenvalue weighted by Crippen LogP contribution is 2.48. The number of hydrogen-bond donors (Lipinski definition) is 0. The van der Waals surface area contributed by atoms with Gasteiger partial charge in [-0.3, -0.25) is 9.59 Å². The molecule has 0 unspecified atom stereocenters. The highest BCUT2D eigenvalue weighted by atomic mass is 35.5. The van der Waals surface area contributed by atoms with Crippen molar-refractivity contribution in [3.8, 4) is 0 Å². The van der Waals surface area contributed by atoms with Crippen molar-refractivity contribution >= 4 is 29.1 Å². The van der Waals surface area contributed by atoms with Gasteiger partial charge < -0.3 is 0 Å². The highest BCUT2D eigenvalue weighted by molar-refractivity contribution is 6.30. The predicted octanol–water partition coefficient (Wildman–Crippen LogP) is 3.18. The summed E-state index contributed by atoms with van der Waals surface area (Å²) in [6, 6.07) is 14.7. The van der Waals surface area contributed by atoms with E-state index in [9.17, 15) is 9.59 Å². The quantitative estimate of drug-likeness (QED) is 0.749. The van der Waals surface area contributed by atoms with Crippen molar-refractivity contribution in [3.63, 3.8) is 0 Å². The molecular weight excluding hydrogens is 362 g/mol. The van der Waals surface area contributed by atoms with Gasteiger partial charge in [0.25, 0.3) is 5.91 Å². The zero-order valence-corrected chi connectivity index (χ0v) is 15.8. The summed E-state index contributed by atoms with van der Waals surface area (Å²) in [6.07, 6.45) is 0.999. The number of rotatable bonds is 2. The van der Waals surface area contributed by atoms with Crippen LogP contribution in [0.1, 0.15) is 23.6 Å². The maximum Gasteiger partial charge on any atom is 0.253 e. The van der Waals surface area contributed by atoms with Crippen LogP contribution < -0.4 is 4.90 Å². The van der Waals surface area contributed by atoms with Crippen molar-refractivity contribution in [2.75, 3.05) is 18.0 Å². The van der Waals surface area contributed by atoms with Gasteiger partial charge in [-0.15, -0.1) is 0 Å². The monoisotopic (exact) mass is 381 g/mol. The second kappa shape index (κ2) is 6.16. The van der Waals surface area contributed by atoms with Gasteiger partial charge in [0.2, 0.25) is 5.91 Å². The number of halogens is 1. The van der Waals surface area contributed by atoms with Gasteiger partial charge in [-0.1, -0.05) is 41.4 Å². The Bertz CT molecular complexity index is 912. The Morgan fingerprint density at radius 2 is 1.48 bits per heavy atom. The number of imide groups is 1. The second-order valence-electron chi connectivity index (χ2n) is 7.49. The number of carbonyl (C=O) groups is 2. The average Bonchev–Trinajstić information content (AvgIpc) is 3.30. The Kier molecular flexibility index (Phi) is 3.86. The van der Waals surface area contributed by atoms with E-state index in [1.54, 1.807) is 0 Å². The number of benzene rings is 2. The number of fused-ring (bicyclic) bond motifs is 3. The van der Waals surface area contributed by atoms with E-state index in [1.165, 1.54) is 4.90 Å². The Morgan fingerprint density at radius 1 is 0.852 bits per heavy atom. The minimum absolute atomic E-state index is 0.108. The minimum Gasteiger partial charge on any atom is -0.274 e. The van der Waals surface area contributed by atoms with Gasteiger partial charge >= 0.3 is 0 Å². The van der Waals surface area contributed by atoms with E-state index in [0.717, 1.165) is 30.6 Å². The van der Waals surface area contributed by atoms with Crippen molar-refractivity contribution in [2.24, 2.45) is 5.92 Å². The van der Waals surface area contributed by atoms with Crippen molar-refractivity contribution in [1.82, 2.24) is 10.0 Å². The SMILES string of the molecule is Cc1ccc(N2C(=O)[C@H]3[C@@H](C2=O)N2CCCN2[C@@H]3c2ccc(Cl)cc2)cc1. The summed E-state index contributed by atoms with van der Waals surface area (Å²) < 4.78 is 0. The molecule has 3 atom stereocenters. The number of hydrogen-bond acceptors (Lipinski definition) is 4. The predicted molar refractivity (Wildman–Crippen MR) is 103 cm³/mol. The normalized spacial score (nSPS) is 28.1. The Labute approximate surface area is 163 Å². The standard InChI is InChI=1S/C21H20ClN3O2/c1-13-3-9-16(10-4-13)25-20(26)17-18(14-5-7-15(22)8-6-14)23-11-2-12-24(23)19(17)21(25)27/h3-10,17-19H,2,11-12H2,1H3/t17-,18-,19+/m1/s1. The van der Waals surface area contributed by atoms with Crippen LogP contribution in [0.5, 0.6) is 0 Å². The van der Waals surface area contributed by atoms with Crippen LogP contribution in [0.3, 0.4) is 0 Å². The van der Waals surface area contributed by atoms with Crippen LogP contribution in [-0.2, 0) is 9.59 Å². The molecule has 0 bridgehead atoms. The topological polar surface area (TPSA) is 43.9 Å². The number of amides is 2. The second-order valence-corrected chi connectivity index (χ2v) is 7.93. The van der Waals surface area contributed by atoms with E-state index in [-0.39, 0.29) is 23.8 Å². The van der Waals surface area contributed by atoms with Crippen LogP contribution in [0.2, 0.25) is 5.02 Å². The van der Waals surface area contributed by atoms with Gasteiger partial charge in [-0.2, -0.15) is 0 Å². The Balaban J connectivity index is 1.57. The van der Waals surface area contributed by atoms with Gasteiger partial charge in [-0.05, 0) is 43.2 Å². The molecule has 2 aromatic carbocycles. The first-order chi connectivity index (χ1) is 13.1. The summed E-state index contributed by atoms with van der Waals surface area (Å²) in [5, 5.41) is 4.99. The largest absolute Gasteiger partial charge is 0.274 e. The lowest BCUT2D eigenvalue weighted by Gasteiger charge is -2.29.